The van der Waals surface area contributed by atoms with Gasteiger partial charge in [0, 0.05) is 38.4 Å². The molecule has 400 valence electrons. The van der Waals surface area contributed by atoms with Crippen LogP contribution in [0.5, 0.6) is 0 Å². The van der Waals surface area contributed by atoms with E-state index in [-0.39, 0.29) is 63.3 Å². The number of hydrogen-bond donors (Lipinski definition) is 2. The largest absolute Gasteiger partial charge is 0.508 e. The van der Waals surface area contributed by atoms with Crippen molar-refractivity contribution in [1.82, 2.24) is 15.5 Å². The molecule has 13 nitrogen and oxygen atoms in total. The van der Waals surface area contributed by atoms with Crippen LogP contribution in [0.2, 0.25) is 0 Å². The molecular weight excluding hydrogens is 863 g/mol. The van der Waals surface area contributed by atoms with E-state index in [0.717, 1.165) is 71.0 Å². The first-order valence-corrected chi connectivity index (χ1v) is 28.2. The summed E-state index contributed by atoms with van der Waals surface area (Å²) in [5.41, 5.74) is 0. The fourth-order valence-corrected chi connectivity index (χ4v) is 8.12. The summed E-state index contributed by atoms with van der Waals surface area (Å²) in [4.78, 5) is 64.8. The summed E-state index contributed by atoms with van der Waals surface area (Å²) in [7, 11) is 0. The zero-order valence-electron chi connectivity index (χ0n) is 44.6. The molecule has 2 N–H and O–H groups in total. The van der Waals surface area contributed by atoms with Gasteiger partial charge in [0.1, 0.15) is 19.8 Å². The number of rotatable bonds is 50. The number of hydrogen-bond acceptors (Lipinski definition) is 11. The summed E-state index contributed by atoms with van der Waals surface area (Å²) in [6.45, 7) is 14.6. The molecule has 0 aliphatic rings. The third-order valence-corrected chi connectivity index (χ3v) is 12.6. The highest BCUT2D eigenvalue weighted by atomic mass is 16.7. The van der Waals surface area contributed by atoms with Crippen LogP contribution in [-0.2, 0) is 38.1 Å². The lowest BCUT2D eigenvalue weighted by Gasteiger charge is -2.19. The Bertz CT molecular complexity index is 1170. The Kier molecular flexibility index (Phi) is 48.0. The van der Waals surface area contributed by atoms with Crippen molar-refractivity contribution in [3.05, 3.63) is 0 Å². The number of unbranched alkanes of at least 4 members (excludes halogenated alkanes) is 23. The molecule has 1 unspecified atom stereocenters. The van der Waals surface area contributed by atoms with Crippen LogP contribution < -0.4 is 10.6 Å². The third kappa shape index (κ3) is 45.4. The van der Waals surface area contributed by atoms with Crippen molar-refractivity contribution >= 4 is 30.1 Å². The van der Waals surface area contributed by atoms with Gasteiger partial charge in [-0.15, -0.1) is 0 Å². The van der Waals surface area contributed by atoms with Crippen molar-refractivity contribution in [3.63, 3.8) is 0 Å². The van der Waals surface area contributed by atoms with Crippen LogP contribution in [-0.4, -0.2) is 100 Å². The second-order valence-electron chi connectivity index (χ2n) is 19.0. The lowest BCUT2D eigenvalue weighted by molar-refractivity contribution is -0.150. The van der Waals surface area contributed by atoms with Gasteiger partial charge in [-0.3, -0.25) is 14.4 Å². The summed E-state index contributed by atoms with van der Waals surface area (Å²) in [6, 6.07) is 0.171. The van der Waals surface area contributed by atoms with Gasteiger partial charge in [-0.2, -0.15) is 0 Å². The lowest BCUT2D eigenvalue weighted by Crippen LogP contribution is -2.42. The van der Waals surface area contributed by atoms with Crippen molar-refractivity contribution in [1.29, 1.82) is 0 Å². The quantitative estimate of drug-likeness (QED) is 0.0339. The highest BCUT2D eigenvalue weighted by molar-refractivity contribution is 5.74. The van der Waals surface area contributed by atoms with E-state index in [2.05, 4.69) is 50.2 Å². The Morgan fingerprint density at radius 2 is 0.809 bits per heavy atom. The number of carbonyl (C=O) groups excluding carboxylic acids is 5. The molecule has 0 aliphatic carbocycles. The zero-order chi connectivity index (χ0) is 50.0. The number of esters is 3. The van der Waals surface area contributed by atoms with Crippen LogP contribution in [0.4, 0.5) is 9.59 Å². The fourth-order valence-electron chi connectivity index (χ4n) is 8.12. The molecule has 0 aromatic heterocycles. The molecule has 0 bridgehead atoms. The molecule has 68 heavy (non-hydrogen) atoms. The maximum Gasteiger partial charge on any atom is 0.508 e. The van der Waals surface area contributed by atoms with Crippen LogP contribution in [0.1, 0.15) is 253 Å². The fraction of sp³-hybridized carbons (Fsp3) is 0.909. The standard InChI is InChI=1S/C55H105N3O10/c1-6-11-14-17-20-21-27-35-44-64-51(59)39-32-28-33-41-53(61)67-47-49(48-68-55(63)65-45-36-43-58(9-4)10-5)46-66-52(60)40-31-25-22-26-34-42-56-54(62)57-50(37-29-23-18-15-12-7-2)38-30-24-19-16-13-8-3/h49-50H,6-48H2,1-5H3,(H2,56,57,62). The molecule has 0 saturated carbocycles. The summed E-state index contributed by atoms with van der Waals surface area (Å²) >= 11 is 0. The highest BCUT2D eigenvalue weighted by Crippen LogP contribution is 2.16. The number of carbonyl (C=O) groups is 5. The van der Waals surface area contributed by atoms with Gasteiger partial charge in [-0.05, 0) is 64.5 Å². The normalized spacial score (nSPS) is 11.7. The number of urea groups is 1. The van der Waals surface area contributed by atoms with Crippen LogP contribution in [0.15, 0.2) is 0 Å². The molecule has 0 aromatic carbocycles. The summed E-state index contributed by atoms with van der Waals surface area (Å²) in [5, 5.41) is 6.33. The lowest BCUT2D eigenvalue weighted by atomic mass is 10.00. The molecule has 2 amide bonds. The molecule has 0 aromatic rings. The van der Waals surface area contributed by atoms with Crippen molar-refractivity contribution in [2.45, 2.75) is 259 Å². The first-order chi connectivity index (χ1) is 33.2. The van der Waals surface area contributed by atoms with Crippen molar-refractivity contribution < 1.29 is 47.7 Å². The predicted octanol–water partition coefficient (Wildman–Crippen LogP) is 13.7. The SMILES string of the molecule is CCCCCCCCCCOC(=O)CCCCCC(=O)OCC(COC(=O)CCCCCCCNC(=O)NC(CCCCCCCC)CCCCCCCC)COC(=O)OCCCN(CC)CC. The van der Waals surface area contributed by atoms with Gasteiger partial charge in [0.05, 0.1) is 19.1 Å². The molecule has 0 heterocycles. The van der Waals surface area contributed by atoms with Crippen LogP contribution >= 0.6 is 0 Å². The van der Waals surface area contributed by atoms with Crippen LogP contribution in [0, 0.1) is 5.92 Å². The van der Waals surface area contributed by atoms with Crippen LogP contribution in [0.3, 0.4) is 0 Å². The van der Waals surface area contributed by atoms with E-state index < -0.39 is 18.0 Å². The minimum atomic E-state index is -0.810. The maximum absolute atomic E-state index is 12.8. The molecule has 0 radical (unpaired) electrons. The monoisotopic (exact) mass is 968 g/mol. The molecular formula is C55H105N3O10. The molecule has 0 aliphatic heterocycles. The molecule has 0 saturated heterocycles. The van der Waals surface area contributed by atoms with Crippen molar-refractivity contribution in [2.75, 3.05) is 59.2 Å². The molecule has 1 atom stereocenters. The Labute approximate surface area is 416 Å². The van der Waals surface area contributed by atoms with E-state index in [9.17, 15) is 24.0 Å². The number of nitrogens with one attached hydrogen (secondary N) is 2. The Morgan fingerprint density at radius 1 is 0.412 bits per heavy atom. The second kappa shape index (κ2) is 50.3. The molecule has 0 rings (SSSR count). The van der Waals surface area contributed by atoms with E-state index >= 15 is 0 Å². The van der Waals surface area contributed by atoms with Gasteiger partial charge < -0.3 is 39.2 Å². The first-order valence-electron chi connectivity index (χ1n) is 28.2. The van der Waals surface area contributed by atoms with Crippen molar-refractivity contribution in [3.8, 4) is 0 Å². The third-order valence-electron chi connectivity index (χ3n) is 12.6. The highest BCUT2D eigenvalue weighted by Gasteiger charge is 2.19. The minimum absolute atomic E-state index is 0.0606. The molecule has 13 heteroatoms. The molecule has 0 fully saturated rings. The predicted molar refractivity (Wildman–Crippen MR) is 276 cm³/mol. The number of ether oxygens (including phenoxy) is 5. The summed E-state index contributed by atoms with van der Waals surface area (Å²) in [5.74, 6) is -1.50. The second-order valence-corrected chi connectivity index (χ2v) is 19.0. The maximum atomic E-state index is 12.8. The Balaban J connectivity index is 4.57. The van der Waals surface area contributed by atoms with Gasteiger partial charge in [0.15, 0.2) is 0 Å². The van der Waals surface area contributed by atoms with Gasteiger partial charge in [-0.25, -0.2) is 9.59 Å². The van der Waals surface area contributed by atoms with E-state index in [1.165, 1.54) is 116 Å². The van der Waals surface area contributed by atoms with E-state index in [1.54, 1.807) is 0 Å². The number of amides is 2. The number of nitrogens with zero attached hydrogens (tertiary/aromatic N) is 1. The van der Waals surface area contributed by atoms with Crippen LogP contribution in [0.25, 0.3) is 0 Å². The molecule has 0 spiro atoms. The van der Waals surface area contributed by atoms with E-state index in [0.29, 0.717) is 51.7 Å². The van der Waals surface area contributed by atoms with Gasteiger partial charge in [0.25, 0.3) is 0 Å². The average molecular weight is 968 g/mol. The van der Waals surface area contributed by atoms with Gasteiger partial charge in [-0.1, -0.05) is 182 Å². The minimum Gasteiger partial charge on any atom is -0.466 e. The smallest absolute Gasteiger partial charge is 0.466 e. The Hall–Kier alpha value is -3.09. The van der Waals surface area contributed by atoms with E-state index in [1.807, 2.05) is 0 Å². The summed E-state index contributed by atoms with van der Waals surface area (Å²) < 4.78 is 27.0. The van der Waals surface area contributed by atoms with E-state index in [4.69, 9.17) is 23.7 Å². The first kappa shape index (κ1) is 64.9. The Morgan fingerprint density at radius 3 is 1.31 bits per heavy atom. The summed E-state index contributed by atoms with van der Waals surface area (Å²) in [6.07, 6.45) is 33.6. The van der Waals surface area contributed by atoms with Crippen molar-refractivity contribution in [2.24, 2.45) is 5.92 Å². The zero-order valence-corrected chi connectivity index (χ0v) is 44.6. The average Bonchev–Trinajstić information content (AvgIpc) is 3.33. The van der Waals surface area contributed by atoms with Gasteiger partial charge >= 0.3 is 30.1 Å². The topological polar surface area (TPSA) is 159 Å². The van der Waals surface area contributed by atoms with Gasteiger partial charge in [0.2, 0.25) is 0 Å².